The number of benzene rings is 1. The molecule has 1 heterocycles. The molecule has 0 amide bonds. The van der Waals surface area contributed by atoms with E-state index in [1.807, 2.05) is 20.8 Å². The van der Waals surface area contributed by atoms with E-state index in [1.165, 1.54) is 18.3 Å². The van der Waals surface area contributed by atoms with Gasteiger partial charge in [-0.2, -0.15) is 10.1 Å². The fraction of sp³-hybridized carbons (Fsp3) is 0.308. The topological polar surface area (TPSA) is 62.7 Å². The molecule has 1 aromatic heterocycles. The van der Waals surface area contributed by atoms with Crippen LogP contribution in [0.2, 0.25) is 0 Å². The summed E-state index contributed by atoms with van der Waals surface area (Å²) in [5, 5.41) is 13.9. The van der Waals surface area contributed by atoms with Crippen molar-refractivity contribution in [2.45, 2.75) is 26.3 Å². The summed E-state index contributed by atoms with van der Waals surface area (Å²) in [6.07, 6.45) is 1.51. The van der Waals surface area contributed by atoms with Gasteiger partial charge in [-0.1, -0.05) is 0 Å². The SMILES string of the molecule is CC(C)(C)Nc1nncc(Nc2ccc(F)cc2)n1. The van der Waals surface area contributed by atoms with E-state index >= 15 is 0 Å². The maximum Gasteiger partial charge on any atom is 0.245 e. The van der Waals surface area contributed by atoms with Crippen molar-refractivity contribution >= 4 is 17.5 Å². The van der Waals surface area contributed by atoms with Crippen LogP contribution in [0.5, 0.6) is 0 Å². The number of hydrogen-bond donors (Lipinski definition) is 2. The third kappa shape index (κ3) is 4.17. The second kappa shape index (κ2) is 5.17. The Morgan fingerprint density at radius 2 is 1.79 bits per heavy atom. The monoisotopic (exact) mass is 261 g/mol. The van der Waals surface area contributed by atoms with Crippen molar-refractivity contribution < 1.29 is 4.39 Å². The van der Waals surface area contributed by atoms with Crippen LogP contribution in [-0.4, -0.2) is 20.7 Å². The lowest BCUT2D eigenvalue weighted by atomic mass is 10.1. The molecule has 0 spiro atoms. The molecule has 2 N–H and O–H groups in total. The molecule has 0 radical (unpaired) electrons. The molecule has 0 aliphatic rings. The van der Waals surface area contributed by atoms with Crippen LogP contribution in [0, 0.1) is 5.82 Å². The van der Waals surface area contributed by atoms with Crippen LogP contribution in [0.3, 0.4) is 0 Å². The summed E-state index contributed by atoms with van der Waals surface area (Å²) in [5.74, 6) is 0.717. The van der Waals surface area contributed by atoms with Crippen molar-refractivity contribution in [3.05, 3.63) is 36.3 Å². The van der Waals surface area contributed by atoms with E-state index in [0.29, 0.717) is 11.8 Å². The zero-order valence-electron chi connectivity index (χ0n) is 11.1. The van der Waals surface area contributed by atoms with Crippen LogP contribution in [0.1, 0.15) is 20.8 Å². The molecule has 100 valence electrons. The lowest BCUT2D eigenvalue weighted by Gasteiger charge is -2.20. The zero-order valence-corrected chi connectivity index (χ0v) is 11.1. The highest BCUT2D eigenvalue weighted by molar-refractivity contribution is 5.55. The molecule has 5 nitrogen and oxygen atoms in total. The van der Waals surface area contributed by atoms with Crippen LogP contribution in [0.15, 0.2) is 30.5 Å². The predicted molar refractivity (Wildman–Crippen MR) is 72.9 cm³/mol. The number of hydrogen-bond acceptors (Lipinski definition) is 5. The van der Waals surface area contributed by atoms with E-state index in [4.69, 9.17) is 0 Å². The van der Waals surface area contributed by atoms with E-state index in [9.17, 15) is 4.39 Å². The third-order valence-corrected chi connectivity index (χ3v) is 2.16. The molecule has 6 heteroatoms. The average Bonchev–Trinajstić information content (AvgIpc) is 2.30. The largest absolute Gasteiger partial charge is 0.348 e. The Morgan fingerprint density at radius 3 is 2.42 bits per heavy atom. The standard InChI is InChI=1S/C13H16FN5/c1-13(2,3)18-12-17-11(8-15-19-12)16-10-6-4-9(14)5-7-10/h4-8H,1-3H3,(H2,16,17,18,19). The molecule has 0 saturated carbocycles. The van der Waals surface area contributed by atoms with Crippen LogP contribution in [0.4, 0.5) is 21.8 Å². The Morgan fingerprint density at radius 1 is 1.11 bits per heavy atom. The molecule has 0 aliphatic heterocycles. The zero-order chi connectivity index (χ0) is 13.9. The maximum absolute atomic E-state index is 12.8. The van der Waals surface area contributed by atoms with Gasteiger partial charge in [0.15, 0.2) is 5.82 Å². The van der Waals surface area contributed by atoms with E-state index < -0.39 is 0 Å². The van der Waals surface area contributed by atoms with E-state index in [0.717, 1.165) is 5.69 Å². The lowest BCUT2D eigenvalue weighted by molar-refractivity contribution is 0.623. The molecule has 0 bridgehead atoms. The first-order valence-corrected chi connectivity index (χ1v) is 5.93. The summed E-state index contributed by atoms with van der Waals surface area (Å²) in [7, 11) is 0. The highest BCUT2D eigenvalue weighted by Gasteiger charge is 2.11. The molecule has 2 rings (SSSR count). The predicted octanol–water partition coefficient (Wildman–Crippen LogP) is 2.96. The highest BCUT2D eigenvalue weighted by Crippen LogP contribution is 2.16. The summed E-state index contributed by atoms with van der Waals surface area (Å²) in [5.41, 5.74) is 0.597. The van der Waals surface area contributed by atoms with Gasteiger partial charge in [-0.05, 0) is 45.0 Å². The Bertz CT molecular complexity index is 548. The van der Waals surface area contributed by atoms with Crippen molar-refractivity contribution in [3.63, 3.8) is 0 Å². The first-order valence-electron chi connectivity index (χ1n) is 5.93. The van der Waals surface area contributed by atoms with Crippen molar-refractivity contribution in [3.8, 4) is 0 Å². The van der Waals surface area contributed by atoms with Gasteiger partial charge in [-0.15, -0.1) is 5.10 Å². The molecule has 0 unspecified atom stereocenters. The lowest BCUT2D eigenvalue weighted by Crippen LogP contribution is -2.27. The summed E-state index contributed by atoms with van der Waals surface area (Å²) in [6.45, 7) is 6.03. The third-order valence-electron chi connectivity index (χ3n) is 2.16. The number of halogens is 1. The fourth-order valence-electron chi connectivity index (χ4n) is 1.43. The van der Waals surface area contributed by atoms with E-state index in [-0.39, 0.29) is 11.4 Å². The molecule has 0 fully saturated rings. The van der Waals surface area contributed by atoms with Gasteiger partial charge in [0.2, 0.25) is 5.95 Å². The van der Waals surface area contributed by atoms with Crippen LogP contribution < -0.4 is 10.6 Å². The van der Waals surface area contributed by atoms with Crippen LogP contribution >= 0.6 is 0 Å². The molecule has 1 aromatic carbocycles. The molecule has 19 heavy (non-hydrogen) atoms. The minimum atomic E-state index is -0.276. The Balaban J connectivity index is 2.13. The normalized spacial score (nSPS) is 11.2. The van der Waals surface area contributed by atoms with Gasteiger partial charge in [0, 0.05) is 11.2 Å². The number of nitrogens with zero attached hydrogens (tertiary/aromatic N) is 3. The highest BCUT2D eigenvalue weighted by atomic mass is 19.1. The number of nitrogens with one attached hydrogen (secondary N) is 2. The van der Waals surface area contributed by atoms with Gasteiger partial charge in [0.25, 0.3) is 0 Å². The minimum absolute atomic E-state index is 0.143. The summed E-state index contributed by atoms with van der Waals surface area (Å²) < 4.78 is 12.8. The first kappa shape index (κ1) is 13.2. The van der Waals surface area contributed by atoms with Gasteiger partial charge in [-0.25, -0.2) is 4.39 Å². The van der Waals surface area contributed by atoms with E-state index in [1.54, 1.807) is 12.1 Å². The van der Waals surface area contributed by atoms with Crippen molar-refractivity contribution in [2.24, 2.45) is 0 Å². The smallest absolute Gasteiger partial charge is 0.245 e. The van der Waals surface area contributed by atoms with Gasteiger partial charge in [0.1, 0.15) is 5.82 Å². The second-order valence-electron chi connectivity index (χ2n) is 5.17. The van der Waals surface area contributed by atoms with Crippen molar-refractivity contribution in [1.29, 1.82) is 0 Å². The molecule has 0 saturated heterocycles. The summed E-state index contributed by atoms with van der Waals surface area (Å²) >= 11 is 0. The Hall–Kier alpha value is -2.24. The van der Waals surface area contributed by atoms with Gasteiger partial charge in [-0.3, -0.25) is 0 Å². The molecule has 0 atom stereocenters. The number of anilines is 3. The number of rotatable bonds is 3. The Labute approximate surface area is 111 Å². The maximum atomic E-state index is 12.8. The summed E-state index contributed by atoms with van der Waals surface area (Å²) in [6, 6.07) is 6.03. The average molecular weight is 261 g/mol. The molecular formula is C13H16FN5. The number of aromatic nitrogens is 3. The van der Waals surface area contributed by atoms with Crippen LogP contribution in [-0.2, 0) is 0 Å². The molecule has 2 aromatic rings. The summed E-state index contributed by atoms with van der Waals surface area (Å²) in [4.78, 5) is 4.29. The molecule has 0 aliphatic carbocycles. The van der Waals surface area contributed by atoms with Gasteiger partial charge >= 0.3 is 0 Å². The Kier molecular flexibility index (Phi) is 3.59. The van der Waals surface area contributed by atoms with Crippen molar-refractivity contribution in [1.82, 2.24) is 15.2 Å². The van der Waals surface area contributed by atoms with E-state index in [2.05, 4.69) is 25.8 Å². The first-order chi connectivity index (χ1) is 8.92. The second-order valence-corrected chi connectivity index (χ2v) is 5.17. The molecular weight excluding hydrogens is 245 g/mol. The fourth-order valence-corrected chi connectivity index (χ4v) is 1.43. The van der Waals surface area contributed by atoms with Gasteiger partial charge in [0.05, 0.1) is 6.20 Å². The van der Waals surface area contributed by atoms with Crippen molar-refractivity contribution in [2.75, 3.05) is 10.6 Å². The quantitative estimate of drug-likeness (QED) is 0.889. The van der Waals surface area contributed by atoms with Crippen LogP contribution in [0.25, 0.3) is 0 Å². The van der Waals surface area contributed by atoms with Gasteiger partial charge < -0.3 is 10.6 Å². The minimum Gasteiger partial charge on any atom is -0.348 e.